The Labute approximate surface area is 191 Å². The van der Waals surface area contributed by atoms with Crippen molar-refractivity contribution in [2.45, 2.75) is 13.0 Å². The maximum Gasteiger partial charge on any atom is 0.277 e. The third kappa shape index (κ3) is 4.12. The van der Waals surface area contributed by atoms with E-state index in [1.807, 2.05) is 19.1 Å². The van der Waals surface area contributed by atoms with Crippen LogP contribution in [0.3, 0.4) is 0 Å². The van der Waals surface area contributed by atoms with E-state index < -0.39 is 0 Å². The number of hydrogen-bond acceptors (Lipinski definition) is 4. The fraction of sp³-hybridized carbons (Fsp3) is 0.190. The number of carbonyl (C=O) groups excluding carboxylic acids is 1. The van der Waals surface area contributed by atoms with Gasteiger partial charge in [0, 0.05) is 31.0 Å². The summed E-state index contributed by atoms with van der Waals surface area (Å²) < 4.78 is 1.72. The van der Waals surface area contributed by atoms with E-state index in [0.29, 0.717) is 33.5 Å². The van der Waals surface area contributed by atoms with E-state index in [9.17, 15) is 4.79 Å². The Balaban J connectivity index is 0.00000256. The summed E-state index contributed by atoms with van der Waals surface area (Å²) in [5, 5.41) is 8.19. The Morgan fingerprint density at radius 3 is 2.60 bits per heavy atom. The average Bonchev–Trinajstić information content (AvgIpc) is 3.16. The van der Waals surface area contributed by atoms with Crippen molar-refractivity contribution in [2.75, 3.05) is 23.8 Å². The van der Waals surface area contributed by atoms with Crippen LogP contribution in [-0.2, 0) is 0 Å². The lowest BCUT2D eigenvalue weighted by molar-refractivity contribution is 0.0953. The summed E-state index contributed by atoms with van der Waals surface area (Å²) in [5.74, 6) is 6.70. The molecule has 1 atom stereocenters. The second kappa shape index (κ2) is 9.00. The lowest BCUT2D eigenvalue weighted by Gasteiger charge is -2.32. The van der Waals surface area contributed by atoms with Gasteiger partial charge in [0.1, 0.15) is 11.5 Å². The Morgan fingerprint density at radius 1 is 1.13 bits per heavy atom. The molecule has 0 saturated carbocycles. The van der Waals surface area contributed by atoms with E-state index >= 15 is 0 Å². The molecule has 0 saturated heterocycles. The average molecular weight is 460 g/mol. The highest BCUT2D eigenvalue weighted by molar-refractivity contribution is 7.59. The quantitative estimate of drug-likeness (QED) is 0.578. The second-order valence-corrected chi connectivity index (χ2v) is 7.46. The fourth-order valence-electron chi connectivity index (χ4n) is 3.18. The molecule has 0 radical (unpaired) electrons. The van der Waals surface area contributed by atoms with Gasteiger partial charge in [0.15, 0.2) is 0 Å². The van der Waals surface area contributed by atoms with Crippen LogP contribution in [0.4, 0.5) is 11.5 Å². The van der Waals surface area contributed by atoms with Crippen LogP contribution in [0.25, 0.3) is 0 Å². The largest absolute Gasteiger partial charge is 0.373 e. The molecule has 1 amide bonds. The first-order chi connectivity index (χ1) is 14.0. The van der Waals surface area contributed by atoms with Crippen molar-refractivity contribution in [3.05, 3.63) is 69.6 Å². The highest BCUT2D eigenvalue weighted by Crippen LogP contribution is 2.31. The lowest BCUT2D eigenvalue weighted by Crippen LogP contribution is -2.43. The van der Waals surface area contributed by atoms with E-state index in [1.54, 1.807) is 47.2 Å². The molecule has 3 heterocycles. The summed E-state index contributed by atoms with van der Waals surface area (Å²) in [6.45, 7) is 2.48. The molecule has 0 unspecified atom stereocenters. The topological polar surface area (TPSA) is 63.1 Å². The Kier molecular flexibility index (Phi) is 6.61. The molecule has 3 aromatic rings. The van der Waals surface area contributed by atoms with Crippen LogP contribution < -0.4 is 10.2 Å². The minimum Gasteiger partial charge on any atom is -0.373 e. The van der Waals surface area contributed by atoms with Gasteiger partial charge in [0.05, 0.1) is 27.8 Å². The SMILES string of the molecule is CNc1ccc(C#Cc2cnn3c2C(=O)N(c2ccc(Cl)c(Cl)c2)C[C@@H]3C)cn1.S. The van der Waals surface area contributed by atoms with Crippen molar-refractivity contribution in [1.29, 1.82) is 0 Å². The Hall–Kier alpha value is -2.66. The fourth-order valence-corrected chi connectivity index (χ4v) is 3.48. The predicted octanol–water partition coefficient (Wildman–Crippen LogP) is 4.36. The van der Waals surface area contributed by atoms with Crippen molar-refractivity contribution >= 4 is 54.1 Å². The number of aromatic nitrogens is 3. The summed E-state index contributed by atoms with van der Waals surface area (Å²) in [5.41, 5.74) is 2.47. The number of hydrogen-bond donors (Lipinski definition) is 1. The third-order valence-corrected chi connectivity index (χ3v) is 5.42. The number of halogens is 2. The zero-order valence-electron chi connectivity index (χ0n) is 16.3. The summed E-state index contributed by atoms with van der Waals surface area (Å²) in [7, 11) is 1.80. The number of nitrogens with zero attached hydrogens (tertiary/aromatic N) is 4. The number of benzene rings is 1. The maximum absolute atomic E-state index is 13.2. The van der Waals surface area contributed by atoms with Crippen LogP contribution in [0.1, 0.15) is 34.6 Å². The van der Waals surface area contributed by atoms with Crippen LogP contribution in [0.15, 0.2) is 42.7 Å². The number of anilines is 2. The molecule has 1 aliphatic heterocycles. The summed E-state index contributed by atoms with van der Waals surface area (Å²) in [6, 6.07) is 8.87. The van der Waals surface area contributed by atoms with E-state index in [-0.39, 0.29) is 25.4 Å². The number of fused-ring (bicyclic) bond motifs is 1. The Morgan fingerprint density at radius 2 is 1.93 bits per heavy atom. The summed E-state index contributed by atoms with van der Waals surface area (Å²) in [4.78, 5) is 19.2. The first kappa shape index (κ1) is 22.0. The standard InChI is InChI=1S/C21H17Cl2N5O.H2S/c1-13-12-27(16-6-7-17(22)18(23)9-16)21(29)20-15(11-26-28(13)20)5-3-14-4-8-19(24-2)25-10-14;/h4,6-11,13H,12H2,1-2H3,(H,24,25);1H2/t13-;/m0./s1. The van der Waals surface area contributed by atoms with Gasteiger partial charge in [-0.15, -0.1) is 0 Å². The molecule has 0 aliphatic carbocycles. The normalized spacial score (nSPS) is 15.0. The molecule has 2 aromatic heterocycles. The first-order valence-corrected chi connectivity index (χ1v) is 9.73. The molecule has 0 fully saturated rings. The van der Waals surface area contributed by atoms with E-state index in [0.717, 1.165) is 11.4 Å². The highest BCUT2D eigenvalue weighted by atomic mass is 35.5. The van der Waals surface area contributed by atoms with Gasteiger partial charge in [0.25, 0.3) is 5.91 Å². The van der Waals surface area contributed by atoms with Crippen molar-refractivity contribution in [1.82, 2.24) is 14.8 Å². The second-order valence-electron chi connectivity index (χ2n) is 6.65. The predicted molar refractivity (Wildman–Crippen MR) is 125 cm³/mol. The highest BCUT2D eigenvalue weighted by Gasteiger charge is 2.33. The van der Waals surface area contributed by atoms with Crippen molar-refractivity contribution in [3.63, 3.8) is 0 Å². The molecule has 6 nitrogen and oxygen atoms in total. The minimum atomic E-state index is -0.174. The molecule has 30 heavy (non-hydrogen) atoms. The van der Waals surface area contributed by atoms with Crippen LogP contribution in [-0.4, -0.2) is 34.3 Å². The van der Waals surface area contributed by atoms with E-state index in [1.165, 1.54) is 0 Å². The van der Waals surface area contributed by atoms with Crippen LogP contribution in [0, 0.1) is 11.8 Å². The summed E-state index contributed by atoms with van der Waals surface area (Å²) in [6.07, 6.45) is 3.31. The molecular formula is C21H19Cl2N5OS. The van der Waals surface area contributed by atoms with Gasteiger partial charge in [-0.3, -0.25) is 9.48 Å². The maximum atomic E-state index is 13.2. The lowest BCUT2D eigenvalue weighted by atomic mass is 10.1. The molecule has 1 aliphatic rings. The molecule has 1 N–H and O–H groups in total. The van der Waals surface area contributed by atoms with Gasteiger partial charge in [0.2, 0.25) is 0 Å². The molecule has 0 spiro atoms. The molecule has 1 aromatic carbocycles. The molecule has 9 heteroatoms. The van der Waals surface area contributed by atoms with Gasteiger partial charge in [-0.25, -0.2) is 4.98 Å². The monoisotopic (exact) mass is 459 g/mol. The van der Waals surface area contributed by atoms with Crippen molar-refractivity contribution in [3.8, 4) is 11.8 Å². The van der Waals surface area contributed by atoms with Crippen LogP contribution >= 0.6 is 36.7 Å². The molecule has 154 valence electrons. The zero-order valence-corrected chi connectivity index (χ0v) is 18.8. The van der Waals surface area contributed by atoms with E-state index in [2.05, 4.69) is 27.2 Å². The van der Waals surface area contributed by atoms with Crippen LogP contribution in [0.2, 0.25) is 10.0 Å². The zero-order chi connectivity index (χ0) is 20.5. The number of carbonyl (C=O) groups is 1. The van der Waals surface area contributed by atoms with Gasteiger partial charge in [-0.2, -0.15) is 18.6 Å². The van der Waals surface area contributed by atoms with Gasteiger partial charge in [-0.05, 0) is 37.3 Å². The van der Waals surface area contributed by atoms with Crippen LogP contribution in [0.5, 0.6) is 0 Å². The van der Waals surface area contributed by atoms with Gasteiger partial charge < -0.3 is 10.2 Å². The number of amides is 1. The first-order valence-electron chi connectivity index (χ1n) is 8.98. The van der Waals surface area contributed by atoms with Crippen molar-refractivity contribution in [2.24, 2.45) is 0 Å². The minimum absolute atomic E-state index is 0. The molecule has 4 rings (SSSR count). The molecular weight excluding hydrogens is 441 g/mol. The number of nitrogens with one attached hydrogen (secondary N) is 1. The van der Waals surface area contributed by atoms with Gasteiger partial charge >= 0.3 is 0 Å². The summed E-state index contributed by atoms with van der Waals surface area (Å²) >= 11 is 12.2. The van der Waals surface area contributed by atoms with Crippen molar-refractivity contribution < 1.29 is 4.79 Å². The van der Waals surface area contributed by atoms with Gasteiger partial charge in [-0.1, -0.05) is 35.0 Å². The Bertz CT molecular complexity index is 1150. The smallest absolute Gasteiger partial charge is 0.277 e. The number of rotatable bonds is 2. The molecule has 0 bridgehead atoms. The number of pyridine rings is 1. The third-order valence-electron chi connectivity index (χ3n) is 4.68. The van der Waals surface area contributed by atoms with E-state index in [4.69, 9.17) is 23.2 Å².